The Morgan fingerprint density at radius 3 is 2.29 bits per heavy atom. The number of alkyl halides is 3. The van der Waals surface area contributed by atoms with Crippen LogP contribution in [0.5, 0.6) is 0 Å². The highest BCUT2D eigenvalue weighted by molar-refractivity contribution is 7.11. The summed E-state index contributed by atoms with van der Waals surface area (Å²) in [6, 6.07) is 0. The van der Waals surface area contributed by atoms with Gasteiger partial charge in [0, 0.05) is 43.0 Å². The Balaban J connectivity index is 0.000000429. The van der Waals surface area contributed by atoms with Gasteiger partial charge in [-0.3, -0.25) is 14.5 Å². The summed E-state index contributed by atoms with van der Waals surface area (Å²) < 4.78 is 31.7. The van der Waals surface area contributed by atoms with E-state index in [2.05, 4.69) is 23.7 Å². The SMILES string of the molecule is Cc1nc(C)c(CN2CCCC3(CCC(=O)N3CC(=O)N3CCCC3)CC2)s1.O=C(O)C(F)(F)F. The predicted octanol–water partition coefficient (Wildman–Crippen LogP) is 3.36. The van der Waals surface area contributed by atoms with Gasteiger partial charge in [-0.25, -0.2) is 9.78 Å². The van der Waals surface area contributed by atoms with E-state index in [4.69, 9.17) is 9.90 Å². The summed E-state index contributed by atoms with van der Waals surface area (Å²) in [5.74, 6) is -2.44. The Morgan fingerprint density at radius 1 is 1.06 bits per heavy atom. The van der Waals surface area contributed by atoms with Crippen LogP contribution in [-0.4, -0.2) is 87.0 Å². The second-order valence-electron chi connectivity index (χ2n) is 9.47. The molecule has 4 rings (SSSR count). The standard InChI is InChI=1S/C21H32N4O2S.C2HF3O2/c1-16-18(28-17(2)22-16)14-23-10-5-7-21(9-13-23)8-6-19(26)25(21)15-20(27)24-11-3-4-12-24;3-2(4,5)1(6)7/h3-15H2,1-2H3;(H,6,7). The van der Waals surface area contributed by atoms with Gasteiger partial charge in [-0.2, -0.15) is 13.2 Å². The van der Waals surface area contributed by atoms with E-state index in [1.807, 2.05) is 9.80 Å². The number of carboxylic acid groups (broad SMARTS) is 1. The number of carboxylic acids is 1. The van der Waals surface area contributed by atoms with Crippen molar-refractivity contribution in [3.63, 3.8) is 0 Å². The minimum absolute atomic E-state index is 0.111. The summed E-state index contributed by atoms with van der Waals surface area (Å²) >= 11 is 1.79. The fourth-order valence-electron chi connectivity index (χ4n) is 5.17. The van der Waals surface area contributed by atoms with Crippen molar-refractivity contribution in [3.8, 4) is 0 Å². The van der Waals surface area contributed by atoms with Gasteiger partial charge in [0.1, 0.15) is 6.54 Å². The van der Waals surface area contributed by atoms with Gasteiger partial charge in [-0.15, -0.1) is 11.3 Å². The summed E-state index contributed by atoms with van der Waals surface area (Å²) in [6.07, 6.45) is 1.68. The third-order valence-electron chi connectivity index (χ3n) is 7.05. The van der Waals surface area contributed by atoms with Gasteiger partial charge < -0.3 is 14.9 Å². The maximum absolute atomic E-state index is 12.7. The van der Waals surface area contributed by atoms with Crippen molar-refractivity contribution in [2.24, 2.45) is 0 Å². The molecule has 12 heteroatoms. The molecule has 3 aliphatic rings. The molecular weight excluding hydrogens is 485 g/mol. The van der Waals surface area contributed by atoms with Crippen molar-refractivity contribution in [1.82, 2.24) is 19.7 Å². The monoisotopic (exact) mass is 518 g/mol. The first-order valence-corrected chi connectivity index (χ1v) is 12.8. The average Bonchev–Trinajstić information content (AvgIpc) is 3.44. The van der Waals surface area contributed by atoms with Gasteiger partial charge in [-0.05, 0) is 58.9 Å². The number of aryl methyl sites for hydroxylation is 2. The topological polar surface area (TPSA) is 94.1 Å². The summed E-state index contributed by atoms with van der Waals surface area (Å²) in [5.41, 5.74) is 1.04. The molecule has 35 heavy (non-hydrogen) atoms. The van der Waals surface area contributed by atoms with E-state index in [0.29, 0.717) is 6.42 Å². The van der Waals surface area contributed by atoms with E-state index in [-0.39, 0.29) is 23.9 Å². The van der Waals surface area contributed by atoms with Gasteiger partial charge in [0.05, 0.1) is 10.7 Å². The number of carbonyl (C=O) groups is 3. The molecule has 3 aliphatic heterocycles. The third kappa shape index (κ3) is 6.93. The lowest BCUT2D eigenvalue weighted by Crippen LogP contribution is -2.51. The van der Waals surface area contributed by atoms with E-state index >= 15 is 0 Å². The highest BCUT2D eigenvalue weighted by atomic mass is 32.1. The molecule has 1 aromatic rings. The van der Waals surface area contributed by atoms with Crippen molar-refractivity contribution < 1.29 is 32.7 Å². The maximum atomic E-state index is 12.7. The Labute approximate surface area is 207 Å². The molecule has 1 spiro atoms. The lowest BCUT2D eigenvalue weighted by molar-refractivity contribution is -0.192. The van der Waals surface area contributed by atoms with Crippen molar-refractivity contribution in [2.75, 3.05) is 32.7 Å². The van der Waals surface area contributed by atoms with E-state index in [1.165, 1.54) is 4.88 Å². The van der Waals surface area contributed by atoms with Gasteiger partial charge >= 0.3 is 12.1 Å². The minimum Gasteiger partial charge on any atom is -0.475 e. The number of rotatable bonds is 4. The first kappa shape index (κ1) is 27.4. The van der Waals surface area contributed by atoms with Crippen LogP contribution in [0.1, 0.15) is 60.5 Å². The zero-order valence-electron chi connectivity index (χ0n) is 20.2. The van der Waals surface area contributed by atoms with E-state index < -0.39 is 12.1 Å². The van der Waals surface area contributed by atoms with Crippen molar-refractivity contribution >= 4 is 29.1 Å². The fraction of sp³-hybridized carbons (Fsp3) is 0.739. The smallest absolute Gasteiger partial charge is 0.475 e. The molecule has 8 nitrogen and oxygen atoms in total. The van der Waals surface area contributed by atoms with Crippen LogP contribution in [-0.2, 0) is 20.9 Å². The van der Waals surface area contributed by atoms with E-state index in [1.54, 1.807) is 11.3 Å². The van der Waals surface area contributed by atoms with Crippen LogP contribution in [0.2, 0.25) is 0 Å². The first-order valence-electron chi connectivity index (χ1n) is 11.9. The van der Waals surface area contributed by atoms with Gasteiger partial charge in [0.2, 0.25) is 11.8 Å². The lowest BCUT2D eigenvalue weighted by Gasteiger charge is -2.38. The first-order chi connectivity index (χ1) is 16.4. The molecule has 0 bridgehead atoms. The maximum Gasteiger partial charge on any atom is 0.490 e. The number of aromatic nitrogens is 1. The molecule has 2 amide bonds. The summed E-state index contributed by atoms with van der Waals surface area (Å²) in [6.45, 7) is 9.15. The van der Waals surface area contributed by atoms with Gasteiger partial charge in [-0.1, -0.05) is 0 Å². The Kier molecular flexibility index (Phi) is 8.79. The number of likely N-dealkylation sites (tertiary alicyclic amines) is 3. The van der Waals surface area contributed by atoms with E-state index in [0.717, 1.165) is 82.0 Å². The van der Waals surface area contributed by atoms with Crippen LogP contribution in [0, 0.1) is 13.8 Å². The molecule has 0 aliphatic carbocycles. The Morgan fingerprint density at radius 2 is 1.71 bits per heavy atom. The molecule has 1 unspecified atom stereocenters. The van der Waals surface area contributed by atoms with Crippen LogP contribution in [0.4, 0.5) is 13.2 Å². The van der Waals surface area contributed by atoms with Crippen LogP contribution in [0.15, 0.2) is 0 Å². The zero-order valence-corrected chi connectivity index (χ0v) is 21.0. The molecule has 1 atom stereocenters. The number of carbonyl (C=O) groups excluding carboxylic acids is 2. The molecule has 0 aromatic carbocycles. The highest BCUT2D eigenvalue weighted by Crippen LogP contribution is 2.39. The predicted molar refractivity (Wildman–Crippen MR) is 124 cm³/mol. The molecule has 1 N–H and O–H groups in total. The molecule has 3 fully saturated rings. The highest BCUT2D eigenvalue weighted by Gasteiger charge is 2.46. The summed E-state index contributed by atoms with van der Waals surface area (Å²) in [5, 5.41) is 8.26. The molecular formula is C23H33F3N4O4S. The van der Waals surface area contributed by atoms with Crippen LogP contribution >= 0.6 is 11.3 Å². The number of thiazole rings is 1. The molecule has 3 saturated heterocycles. The average molecular weight is 519 g/mol. The largest absolute Gasteiger partial charge is 0.490 e. The fourth-order valence-corrected chi connectivity index (χ4v) is 6.15. The minimum atomic E-state index is -5.08. The van der Waals surface area contributed by atoms with Crippen molar-refractivity contribution in [1.29, 1.82) is 0 Å². The molecule has 0 saturated carbocycles. The number of hydrogen-bond acceptors (Lipinski definition) is 6. The van der Waals surface area contributed by atoms with E-state index in [9.17, 15) is 22.8 Å². The Bertz CT molecular complexity index is 932. The zero-order chi connectivity index (χ0) is 25.8. The van der Waals surface area contributed by atoms with Gasteiger partial charge in [0.25, 0.3) is 0 Å². The number of amides is 2. The summed E-state index contributed by atoms with van der Waals surface area (Å²) in [4.78, 5) is 46.6. The molecule has 4 heterocycles. The third-order valence-corrected chi connectivity index (χ3v) is 8.11. The second-order valence-corrected chi connectivity index (χ2v) is 10.8. The number of hydrogen-bond donors (Lipinski definition) is 1. The number of halogens is 3. The van der Waals surface area contributed by atoms with Crippen LogP contribution in [0.25, 0.3) is 0 Å². The molecule has 1 aromatic heterocycles. The Hall–Kier alpha value is -2.21. The van der Waals surface area contributed by atoms with Crippen LogP contribution in [0.3, 0.4) is 0 Å². The number of nitrogens with zero attached hydrogens (tertiary/aromatic N) is 4. The second kappa shape index (κ2) is 11.2. The molecule has 196 valence electrons. The normalized spacial score (nSPS) is 23.4. The quantitative estimate of drug-likeness (QED) is 0.657. The summed E-state index contributed by atoms with van der Waals surface area (Å²) in [7, 11) is 0. The lowest BCUT2D eigenvalue weighted by atomic mass is 9.87. The van der Waals surface area contributed by atoms with Gasteiger partial charge in [0.15, 0.2) is 0 Å². The van der Waals surface area contributed by atoms with Crippen LogP contribution < -0.4 is 0 Å². The van der Waals surface area contributed by atoms with Crippen molar-refractivity contribution in [2.45, 2.75) is 77.1 Å². The van der Waals surface area contributed by atoms with Crippen molar-refractivity contribution in [3.05, 3.63) is 15.6 Å². The number of aliphatic carboxylic acids is 1. The molecule has 0 radical (unpaired) electrons.